The van der Waals surface area contributed by atoms with Crippen LogP contribution in [0.25, 0.3) is 10.4 Å². The van der Waals surface area contributed by atoms with Crippen molar-refractivity contribution in [3.8, 4) is 10.4 Å². The zero-order valence-electron chi connectivity index (χ0n) is 11.2. The van der Waals surface area contributed by atoms with Crippen molar-refractivity contribution in [3.05, 3.63) is 41.5 Å². The Kier molecular flexibility index (Phi) is 4.50. The Morgan fingerprint density at radius 2 is 2.11 bits per heavy atom. The second-order valence-corrected chi connectivity index (χ2v) is 5.84. The molecule has 0 fully saturated rings. The quantitative estimate of drug-likeness (QED) is 0.875. The van der Waals surface area contributed by atoms with E-state index in [1.54, 1.807) is 0 Å². The van der Waals surface area contributed by atoms with E-state index in [0.717, 1.165) is 6.54 Å². The van der Waals surface area contributed by atoms with Gasteiger partial charge in [0.2, 0.25) is 0 Å². The van der Waals surface area contributed by atoms with Gasteiger partial charge < -0.3 is 5.32 Å². The van der Waals surface area contributed by atoms with E-state index in [9.17, 15) is 0 Å². The number of hydrogen-bond acceptors (Lipinski definition) is 3. The lowest BCUT2D eigenvalue weighted by Crippen LogP contribution is -2.24. The fraction of sp³-hybridized carbons (Fsp3) is 0.400. The average Bonchev–Trinajstić information content (AvgIpc) is 2.86. The maximum absolute atomic E-state index is 4.18. The first-order valence-corrected chi connectivity index (χ1v) is 7.27. The van der Waals surface area contributed by atoms with Crippen molar-refractivity contribution in [2.75, 3.05) is 6.54 Å². The van der Waals surface area contributed by atoms with E-state index in [1.807, 2.05) is 29.8 Å². The highest BCUT2D eigenvalue weighted by Gasteiger charge is 2.16. The van der Waals surface area contributed by atoms with E-state index in [4.69, 9.17) is 0 Å². The maximum atomic E-state index is 4.18. The molecule has 0 aliphatic heterocycles. The monoisotopic (exact) mass is 260 g/mol. The van der Waals surface area contributed by atoms with Gasteiger partial charge in [0.05, 0.1) is 0 Å². The van der Waals surface area contributed by atoms with E-state index in [0.29, 0.717) is 12.0 Å². The van der Waals surface area contributed by atoms with Gasteiger partial charge in [-0.15, -0.1) is 11.3 Å². The summed E-state index contributed by atoms with van der Waals surface area (Å²) in [5.41, 5.74) is 1.20. The van der Waals surface area contributed by atoms with Crippen LogP contribution >= 0.6 is 11.3 Å². The first kappa shape index (κ1) is 13.2. The summed E-state index contributed by atoms with van der Waals surface area (Å²) in [5.74, 6) is 0.602. The van der Waals surface area contributed by atoms with Gasteiger partial charge in [-0.2, -0.15) is 0 Å². The molecule has 2 rings (SSSR count). The first-order chi connectivity index (χ1) is 8.72. The van der Waals surface area contributed by atoms with E-state index in [2.05, 4.69) is 49.3 Å². The van der Waals surface area contributed by atoms with Gasteiger partial charge in [0, 0.05) is 33.8 Å². The Bertz CT molecular complexity index is 476. The number of nitrogens with one attached hydrogen (secondary N) is 1. The Morgan fingerprint density at radius 3 is 2.72 bits per heavy atom. The maximum Gasteiger partial charge on any atom is 0.0438 e. The van der Waals surface area contributed by atoms with Gasteiger partial charge in [0.15, 0.2) is 0 Å². The lowest BCUT2D eigenvalue weighted by Gasteiger charge is -2.20. The predicted molar refractivity (Wildman–Crippen MR) is 78.8 cm³/mol. The molecule has 0 aromatic carbocycles. The number of thiophene rings is 1. The van der Waals surface area contributed by atoms with Gasteiger partial charge in [0.1, 0.15) is 0 Å². The molecule has 1 unspecified atom stereocenters. The molecule has 0 spiro atoms. The van der Waals surface area contributed by atoms with Gasteiger partial charge in [-0.05, 0) is 30.7 Å². The zero-order chi connectivity index (χ0) is 13.0. The van der Waals surface area contributed by atoms with Crippen molar-refractivity contribution in [1.82, 2.24) is 10.3 Å². The molecule has 1 N–H and O–H groups in total. The highest BCUT2D eigenvalue weighted by atomic mass is 32.1. The van der Waals surface area contributed by atoms with Crippen molar-refractivity contribution < 1.29 is 0 Å². The van der Waals surface area contributed by atoms with Crippen LogP contribution in [0.1, 0.15) is 31.7 Å². The van der Waals surface area contributed by atoms with Crippen LogP contribution < -0.4 is 5.32 Å². The van der Waals surface area contributed by atoms with Crippen LogP contribution in [0.15, 0.2) is 36.7 Å². The average molecular weight is 260 g/mol. The van der Waals surface area contributed by atoms with E-state index in [-0.39, 0.29) is 0 Å². The van der Waals surface area contributed by atoms with Crippen LogP contribution in [0.5, 0.6) is 0 Å². The lowest BCUT2D eigenvalue weighted by atomic mass is 10.0. The molecule has 0 saturated heterocycles. The molecule has 2 heterocycles. The smallest absolute Gasteiger partial charge is 0.0438 e. The molecule has 96 valence electrons. The molecule has 2 nitrogen and oxygen atoms in total. The Hall–Kier alpha value is -1.19. The molecule has 2 aromatic rings. The van der Waals surface area contributed by atoms with Crippen LogP contribution in [0, 0.1) is 5.92 Å². The molecular formula is C15H20N2S. The van der Waals surface area contributed by atoms with Crippen molar-refractivity contribution in [2.45, 2.75) is 26.8 Å². The van der Waals surface area contributed by atoms with Gasteiger partial charge in [0.25, 0.3) is 0 Å². The second-order valence-electron chi connectivity index (χ2n) is 4.72. The fourth-order valence-corrected chi connectivity index (χ4v) is 3.32. The summed E-state index contributed by atoms with van der Waals surface area (Å²) in [7, 11) is 0. The molecular weight excluding hydrogens is 240 g/mol. The number of hydrogen-bond donors (Lipinski definition) is 1. The zero-order valence-corrected chi connectivity index (χ0v) is 12.0. The summed E-state index contributed by atoms with van der Waals surface area (Å²) in [5, 5.41) is 3.56. The van der Waals surface area contributed by atoms with Crippen LogP contribution in [0.4, 0.5) is 0 Å². The number of pyridine rings is 1. The molecule has 0 radical (unpaired) electrons. The van der Waals surface area contributed by atoms with Crippen LogP contribution in [0.2, 0.25) is 0 Å². The topological polar surface area (TPSA) is 24.9 Å². The molecule has 2 aromatic heterocycles. The Labute approximate surface area is 113 Å². The summed E-state index contributed by atoms with van der Waals surface area (Å²) in [6, 6.07) is 8.98. The number of nitrogens with zero attached hydrogens (tertiary/aromatic N) is 1. The van der Waals surface area contributed by atoms with Crippen LogP contribution in [-0.2, 0) is 0 Å². The van der Waals surface area contributed by atoms with E-state index >= 15 is 0 Å². The number of aromatic nitrogens is 1. The van der Waals surface area contributed by atoms with Gasteiger partial charge in [-0.1, -0.05) is 26.8 Å². The fourth-order valence-electron chi connectivity index (χ4n) is 2.07. The Balaban J connectivity index is 2.24. The summed E-state index contributed by atoms with van der Waals surface area (Å²) >= 11 is 1.86. The molecule has 3 heteroatoms. The van der Waals surface area contributed by atoms with Crippen molar-refractivity contribution >= 4 is 11.3 Å². The summed E-state index contributed by atoms with van der Waals surface area (Å²) in [4.78, 5) is 6.88. The van der Waals surface area contributed by atoms with Crippen molar-refractivity contribution in [1.29, 1.82) is 0 Å². The van der Waals surface area contributed by atoms with Gasteiger partial charge in [-0.25, -0.2) is 0 Å². The second kappa shape index (κ2) is 6.12. The molecule has 0 amide bonds. The largest absolute Gasteiger partial charge is 0.309 e. The molecule has 0 saturated carbocycles. The van der Waals surface area contributed by atoms with Crippen molar-refractivity contribution in [2.24, 2.45) is 5.92 Å². The van der Waals surface area contributed by atoms with Gasteiger partial charge >= 0.3 is 0 Å². The van der Waals surface area contributed by atoms with Crippen LogP contribution in [0.3, 0.4) is 0 Å². The minimum Gasteiger partial charge on any atom is -0.309 e. The molecule has 0 aliphatic rings. The molecule has 18 heavy (non-hydrogen) atoms. The van der Waals surface area contributed by atoms with Gasteiger partial charge in [-0.3, -0.25) is 4.98 Å². The normalized spacial score (nSPS) is 12.9. The van der Waals surface area contributed by atoms with Crippen molar-refractivity contribution in [3.63, 3.8) is 0 Å². The predicted octanol–water partition coefficient (Wildman–Crippen LogP) is 4.12. The Morgan fingerprint density at radius 1 is 1.28 bits per heavy atom. The summed E-state index contributed by atoms with van der Waals surface area (Å²) in [6.07, 6.45) is 3.74. The SMILES string of the molecule is CCNC(c1ccc(-c2cccnc2)s1)C(C)C. The molecule has 0 aliphatic carbocycles. The number of rotatable bonds is 5. The summed E-state index contributed by atoms with van der Waals surface area (Å²) in [6.45, 7) is 7.68. The van der Waals surface area contributed by atoms with Crippen LogP contribution in [-0.4, -0.2) is 11.5 Å². The molecule has 0 bridgehead atoms. The highest BCUT2D eigenvalue weighted by molar-refractivity contribution is 7.15. The third-order valence-corrected chi connectivity index (χ3v) is 4.19. The van der Waals surface area contributed by atoms with E-state index < -0.39 is 0 Å². The summed E-state index contributed by atoms with van der Waals surface area (Å²) < 4.78 is 0. The first-order valence-electron chi connectivity index (χ1n) is 6.46. The minimum absolute atomic E-state index is 0.449. The standard InChI is InChI=1S/C15H20N2S/c1-4-17-15(11(2)3)14-8-7-13(18-14)12-6-5-9-16-10-12/h5-11,15,17H,4H2,1-3H3. The minimum atomic E-state index is 0.449. The third kappa shape index (κ3) is 2.98. The molecule has 1 atom stereocenters. The van der Waals surface area contributed by atoms with E-state index in [1.165, 1.54) is 15.3 Å². The highest BCUT2D eigenvalue weighted by Crippen LogP contribution is 2.33. The third-order valence-electron chi connectivity index (χ3n) is 2.97. The lowest BCUT2D eigenvalue weighted by molar-refractivity contribution is 0.428.